The molecule has 0 fully saturated rings. The molecule has 1 heterocycles. The second kappa shape index (κ2) is 13.9. The van der Waals surface area contributed by atoms with Crippen LogP contribution in [0.3, 0.4) is 0 Å². The van der Waals surface area contributed by atoms with Gasteiger partial charge in [-0.2, -0.15) is 0 Å². The summed E-state index contributed by atoms with van der Waals surface area (Å²) in [6.07, 6.45) is 2.39. The van der Waals surface area contributed by atoms with Gasteiger partial charge in [0.1, 0.15) is 18.1 Å². The highest BCUT2D eigenvalue weighted by Gasteiger charge is 2.30. The molecular weight excluding hydrogens is 482 g/mol. The second-order valence-corrected chi connectivity index (χ2v) is 8.83. The number of nitrogens with two attached hydrogens (primary N) is 3. The number of benzene rings is 1. The van der Waals surface area contributed by atoms with Gasteiger partial charge in [-0.3, -0.25) is 19.2 Å². The number of unbranched alkanes of at least 4 members (excludes halogenated alkanes) is 1. The minimum Gasteiger partial charge on any atom is -0.480 e. The Hall–Kier alpha value is -3.97. The molecule has 0 spiro atoms. The van der Waals surface area contributed by atoms with Crippen LogP contribution in [0, 0.1) is 0 Å². The van der Waals surface area contributed by atoms with E-state index in [9.17, 15) is 29.1 Å². The number of aromatic nitrogens is 1. The molecule has 4 atom stereocenters. The Morgan fingerprint density at radius 3 is 2.19 bits per heavy atom. The number of primary amides is 1. The zero-order valence-electron chi connectivity index (χ0n) is 20.7. The molecular formula is C24H35N7O6. The van der Waals surface area contributed by atoms with Gasteiger partial charge in [-0.25, -0.2) is 4.79 Å². The van der Waals surface area contributed by atoms with Crippen LogP contribution in [-0.2, 0) is 30.4 Å². The molecule has 0 saturated carbocycles. The van der Waals surface area contributed by atoms with Gasteiger partial charge in [-0.1, -0.05) is 18.2 Å². The lowest BCUT2D eigenvalue weighted by atomic mass is 10.0. The first kappa shape index (κ1) is 29.3. The number of aliphatic carboxylic acids is 1. The molecule has 0 saturated heterocycles. The highest BCUT2D eigenvalue weighted by Crippen LogP contribution is 2.19. The van der Waals surface area contributed by atoms with Gasteiger partial charge >= 0.3 is 5.97 Å². The highest BCUT2D eigenvalue weighted by molar-refractivity contribution is 5.95. The van der Waals surface area contributed by atoms with E-state index in [2.05, 4.69) is 20.9 Å². The van der Waals surface area contributed by atoms with E-state index in [-0.39, 0.29) is 12.8 Å². The van der Waals surface area contributed by atoms with Crippen LogP contribution < -0.4 is 33.2 Å². The van der Waals surface area contributed by atoms with Crippen LogP contribution in [0.1, 0.15) is 38.2 Å². The topological polar surface area (TPSA) is 236 Å². The number of aromatic amines is 1. The first-order chi connectivity index (χ1) is 17.5. The fourth-order valence-corrected chi connectivity index (χ4v) is 3.74. The van der Waals surface area contributed by atoms with Crippen LogP contribution in [-0.4, -0.2) is 70.4 Å². The van der Waals surface area contributed by atoms with E-state index in [1.807, 2.05) is 24.3 Å². The number of rotatable bonds is 15. The molecule has 4 amide bonds. The number of carbonyl (C=O) groups is 5. The van der Waals surface area contributed by atoms with Gasteiger partial charge in [0.2, 0.25) is 23.6 Å². The molecule has 4 unspecified atom stereocenters. The van der Waals surface area contributed by atoms with Gasteiger partial charge in [0, 0.05) is 23.5 Å². The lowest BCUT2D eigenvalue weighted by Gasteiger charge is -2.25. The summed E-state index contributed by atoms with van der Waals surface area (Å²) in [7, 11) is 0. The number of carbonyl (C=O) groups excluding carboxylic acids is 4. The van der Waals surface area contributed by atoms with E-state index < -0.39 is 60.2 Å². The first-order valence-corrected chi connectivity index (χ1v) is 12.0. The SMILES string of the molecule is CC(N)C(=O)NC(Cc1c[nH]c2ccccc12)C(=O)NC(CCCCN)C(=O)NC(CC(N)=O)C(=O)O. The number of amides is 4. The third-order valence-electron chi connectivity index (χ3n) is 5.75. The number of nitrogens with one attached hydrogen (secondary N) is 4. The number of carboxylic acid groups (broad SMARTS) is 1. The summed E-state index contributed by atoms with van der Waals surface area (Å²) >= 11 is 0. The van der Waals surface area contributed by atoms with E-state index in [0.717, 1.165) is 16.5 Å². The van der Waals surface area contributed by atoms with Crippen molar-refractivity contribution in [1.82, 2.24) is 20.9 Å². The highest BCUT2D eigenvalue weighted by atomic mass is 16.4. The fourth-order valence-electron chi connectivity index (χ4n) is 3.74. The van der Waals surface area contributed by atoms with Gasteiger partial charge in [0.15, 0.2) is 0 Å². The maximum Gasteiger partial charge on any atom is 0.326 e. The average Bonchev–Trinajstić information content (AvgIpc) is 3.24. The lowest BCUT2D eigenvalue weighted by molar-refractivity contribution is -0.143. The van der Waals surface area contributed by atoms with Crippen LogP contribution in [0.2, 0.25) is 0 Å². The monoisotopic (exact) mass is 517 g/mol. The third-order valence-corrected chi connectivity index (χ3v) is 5.75. The maximum atomic E-state index is 13.3. The van der Waals surface area contributed by atoms with Crippen molar-refractivity contribution < 1.29 is 29.1 Å². The van der Waals surface area contributed by atoms with Gasteiger partial charge in [-0.15, -0.1) is 0 Å². The number of para-hydroxylation sites is 1. The summed E-state index contributed by atoms with van der Waals surface area (Å²) in [5.41, 5.74) is 17.9. The molecule has 0 aliphatic rings. The molecule has 13 nitrogen and oxygen atoms in total. The lowest BCUT2D eigenvalue weighted by Crippen LogP contribution is -2.57. The van der Waals surface area contributed by atoms with Crippen LogP contribution in [0.15, 0.2) is 30.5 Å². The standard InChI is InChI=1S/C24H35N7O6/c1-13(26)21(33)30-18(10-14-12-28-16-7-3-2-6-15(14)16)23(35)29-17(8-4-5-9-25)22(34)31-19(24(36)37)11-20(27)32/h2-3,6-7,12-13,17-19,28H,4-5,8-11,25-26H2,1H3,(H2,27,32)(H,29,35)(H,30,33)(H,31,34)(H,36,37). The molecule has 2 aromatic rings. The Kier molecular flexibility index (Phi) is 11.0. The minimum atomic E-state index is -1.56. The molecule has 202 valence electrons. The van der Waals surface area contributed by atoms with E-state index in [1.54, 1.807) is 6.20 Å². The Morgan fingerprint density at radius 2 is 1.57 bits per heavy atom. The minimum absolute atomic E-state index is 0.102. The van der Waals surface area contributed by atoms with Gasteiger partial charge in [0.25, 0.3) is 0 Å². The van der Waals surface area contributed by atoms with Crippen molar-refractivity contribution in [2.75, 3.05) is 6.54 Å². The summed E-state index contributed by atoms with van der Waals surface area (Å²) in [5, 5.41) is 17.7. The second-order valence-electron chi connectivity index (χ2n) is 8.83. The summed E-state index contributed by atoms with van der Waals surface area (Å²) in [4.78, 5) is 64.4. The normalized spacial score (nSPS) is 14.2. The van der Waals surface area contributed by atoms with Crippen LogP contribution in [0.25, 0.3) is 10.9 Å². The zero-order chi connectivity index (χ0) is 27.5. The maximum absolute atomic E-state index is 13.3. The largest absolute Gasteiger partial charge is 0.480 e. The molecule has 37 heavy (non-hydrogen) atoms. The van der Waals surface area contributed by atoms with Crippen molar-refractivity contribution in [3.05, 3.63) is 36.0 Å². The first-order valence-electron chi connectivity index (χ1n) is 12.0. The molecule has 0 aliphatic carbocycles. The molecule has 0 radical (unpaired) electrons. The van der Waals surface area contributed by atoms with Crippen LogP contribution in [0.4, 0.5) is 0 Å². The Labute approximate surface area is 213 Å². The van der Waals surface area contributed by atoms with E-state index in [1.165, 1.54) is 6.92 Å². The van der Waals surface area contributed by atoms with E-state index in [0.29, 0.717) is 19.4 Å². The summed E-state index contributed by atoms with van der Waals surface area (Å²) in [5.74, 6) is -4.37. The summed E-state index contributed by atoms with van der Waals surface area (Å²) in [6, 6.07) is 2.78. The summed E-state index contributed by atoms with van der Waals surface area (Å²) < 4.78 is 0. The molecule has 0 aliphatic heterocycles. The molecule has 1 aromatic heterocycles. The predicted octanol–water partition coefficient (Wildman–Crippen LogP) is -1.40. The number of fused-ring (bicyclic) bond motifs is 1. The Morgan fingerprint density at radius 1 is 0.946 bits per heavy atom. The van der Waals surface area contributed by atoms with Crippen molar-refractivity contribution in [3.8, 4) is 0 Å². The van der Waals surface area contributed by atoms with Crippen molar-refractivity contribution in [1.29, 1.82) is 0 Å². The van der Waals surface area contributed by atoms with E-state index >= 15 is 0 Å². The Bertz CT molecular complexity index is 1120. The number of H-pyrrole nitrogens is 1. The van der Waals surface area contributed by atoms with Gasteiger partial charge < -0.3 is 43.2 Å². The number of hydrogen-bond acceptors (Lipinski definition) is 7. The quantitative estimate of drug-likeness (QED) is 0.130. The zero-order valence-corrected chi connectivity index (χ0v) is 20.7. The number of hydrogen-bond donors (Lipinski definition) is 8. The smallest absolute Gasteiger partial charge is 0.326 e. The van der Waals surface area contributed by atoms with Crippen LogP contribution in [0.5, 0.6) is 0 Å². The summed E-state index contributed by atoms with van der Waals surface area (Å²) in [6.45, 7) is 1.83. The van der Waals surface area contributed by atoms with Crippen molar-refractivity contribution in [3.63, 3.8) is 0 Å². The van der Waals surface area contributed by atoms with Crippen molar-refractivity contribution in [2.24, 2.45) is 17.2 Å². The van der Waals surface area contributed by atoms with Crippen molar-refractivity contribution in [2.45, 2.75) is 63.2 Å². The van der Waals surface area contributed by atoms with Crippen LogP contribution >= 0.6 is 0 Å². The molecule has 13 heteroatoms. The predicted molar refractivity (Wildman–Crippen MR) is 136 cm³/mol. The van der Waals surface area contributed by atoms with Crippen molar-refractivity contribution >= 4 is 40.5 Å². The Balaban J connectivity index is 2.26. The molecule has 2 rings (SSSR count). The number of carboxylic acids is 1. The molecule has 1 aromatic carbocycles. The molecule has 0 bridgehead atoms. The molecule has 11 N–H and O–H groups in total. The van der Waals surface area contributed by atoms with E-state index in [4.69, 9.17) is 17.2 Å². The average molecular weight is 518 g/mol. The van der Waals surface area contributed by atoms with Gasteiger partial charge in [0.05, 0.1) is 12.5 Å². The third kappa shape index (κ3) is 8.88. The van der Waals surface area contributed by atoms with Gasteiger partial charge in [-0.05, 0) is 44.4 Å². The fraction of sp³-hybridized carbons (Fsp3) is 0.458.